The van der Waals surface area contributed by atoms with Crippen LogP contribution in [0.4, 0.5) is 0 Å². The van der Waals surface area contributed by atoms with Gasteiger partial charge in [-0.25, -0.2) is 4.99 Å². The van der Waals surface area contributed by atoms with Gasteiger partial charge in [0.2, 0.25) is 5.90 Å². The summed E-state index contributed by atoms with van der Waals surface area (Å²) in [7, 11) is 0. The van der Waals surface area contributed by atoms with Crippen LogP contribution < -0.4 is 0 Å². The van der Waals surface area contributed by atoms with Crippen molar-refractivity contribution in [2.24, 2.45) is 16.3 Å². The van der Waals surface area contributed by atoms with Crippen LogP contribution in [-0.2, 0) is 4.74 Å². The molecule has 2 aromatic rings. The molecule has 0 fully saturated rings. The minimum Gasteiger partial charge on any atom is -0.475 e. The van der Waals surface area contributed by atoms with Crippen LogP contribution in [-0.4, -0.2) is 18.5 Å². The first-order valence-electron chi connectivity index (χ1n) is 8.16. The second kappa shape index (κ2) is 5.75. The SMILES string of the molecule is CC(C)CC(C)(C)[C@@H]1COC(c2cccc3ccccc23)=N1. The number of aliphatic imine (C=N–C) groups is 1. The molecule has 0 saturated carbocycles. The van der Waals surface area contributed by atoms with Crippen LogP contribution in [0.15, 0.2) is 47.5 Å². The van der Waals surface area contributed by atoms with Gasteiger partial charge < -0.3 is 4.74 Å². The van der Waals surface area contributed by atoms with E-state index in [2.05, 4.69) is 70.2 Å². The predicted octanol–water partition coefficient (Wildman–Crippen LogP) is 5.06. The first kappa shape index (κ1) is 15.1. The van der Waals surface area contributed by atoms with Crippen LogP contribution in [0.5, 0.6) is 0 Å². The molecule has 116 valence electrons. The summed E-state index contributed by atoms with van der Waals surface area (Å²) in [4.78, 5) is 4.93. The topological polar surface area (TPSA) is 21.6 Å². The molecule has 0 unspecified atom stereocenters. The highest BCUT2D eigenvalue weighted by atomic mass is 16.5. The maximum Gasteiger partial charge on any atom is 0.217 e. The van der Waals surface area contributed by atoms with Crippen LogP contribution in [0.1, 0.15) is 39.7 Å². The third-order valence-electron chi connectivity index (χ3n) is 4.51. The predicted molar refractivity (Wildman–Crippen MR) is 93.5 cm³/mol. The number of benzene rings is 2. The number of nitrogens with zero attached hydrogens (tertiary/aromatic N) is 1. The maximum atomic E-state index is 5.98. The standard InChI is InChI=1S/C20H25NO/c1-14(2)12-20(3,4)18-13-22-19(21-18)17-11-7-9-15-8-5-6-10-16(15)17/h5-11,14,18H,12-13H2,1-4H3/t18-/m0/s1. The molecule has 0 amide bonds. The van der Waals surface area contributed by atoms with E-state index in [1.54, 1.807) is 0 Å². The van der Waals surface area contributed by atoms with E-state index in [9.17, 15) is 0 Å². The van der Waals surface area contributed by atoms with Gasteiger partial charge in [-0.3, -0.25) is 0 Å². The number of ether oxygens (including phenoxy) is 1. The third-order valence-corrected chi connectivity index (χ3v) is 4.51. The highest BCUT2D eigenvalue weighted by Gasteiger charge is 2.35. The van der Waals surface area contributed by atoms with Gasteiger partial charge in [0.15, 0.2) is 0 Å². The van der Waals surface area contributed by atoms with Crippen LogP contribution >= 0.6 is 0 Å². The van der Waals surface area contributed by atoms with E-state index in [1.807, 2.05) is 0 Å². The summed E-state index contributed by atoms with van der Waals surface area (Å²) in [5.41, 5.74) is 1.28. The first-order chi connectivity index (χ1) is 10.5. The molecule has 0 saturated heterocycles. The van der Waals surface area contributed by atoms with Crippen molar-refractivity contribution >= 4 is 16.7 Å². The fraction of sp³-hybridized carbons (Fsp3) is 0.450. The minimum atomic E-state index is 0.167. The summed E-state index contributed by atoms with van der Waals surface area (Å²) in [6, 6.07) is 15.0. The molecule has 0 spiro atoms. The molecular formula is C20H25NO. The van der Waals surface area contributed by atoms with Gasteiger partial charge in [0.1, 0.15) is 6.61 Å². The Morgan fingerprint density at radius 2 is 1.86 bits per heavy atom. The lowest BCUT2D eigenvalue weighted by molar-refractivity contribution is 0.188. The van der Waals surface area contributed by atoms with Crippen molar-refractivity contribution in [3.05, 3.63) is 48.0 Å². The number of hydrogen-bond donors (Lipinski definition) is 0. The number of hydrogen-bond acceptors (Lipinski definition) is 2. The molecule has 0 aliphatic carbocycles. The van der Waals surface area contributed by atoms with Crippen molar-refractivity contribution in [2.45, 2.75) is 40.2 Å². The van der Waals surface area contributed by atoms with Gasteiger partial charge in [-0.2, -0.15) is 0 Å². The van der Waals surface area contributed by atoms with Gasteiger partial charge in [0.25, 0.3) is 0 Å². The zero-order valence-corrected chi connectivity index (χ0v) is 14.0. The molecule has 0 bridgehead atoms. The average Bonchev–Trinajstić information content (AvgIpc) is 2.96. The lowest BCUT2D eigenvalue weighted by Gasteiger charge is -2.30. The Kier molecular flexibility index (Phi) is 3.94. The van der Waals surface area contributed by atoms with E-state index in [4.69, 9.17) is 9.73 Å². The molecule has 1 aliphatic rings. The zero-order valence-electron chi connectivity index (χ0n) is 14.0. The summed E-state index contributed by atoms with van der Waals surface area (Å²) >= 11 is 0. The second-order valence-electron chi connectivity index (χ2n) is 7.37. The monoisotopic (exact) mass is 295 g/mol. The van der Waals surface area contributed by atoms with Gasteiger partial charge in [-0.15, -0.1) is 0 Å². The fourth-order valence-electron chi connectivity index (χ4n) is 3.52. The van der Waals surface area contributed by atoms with Gasteiger partial charge in [0.05, 0.1) is 6.04 Å². The van der Waals surface area contributed by atoms with E-state index in [0.717, 1.165) is 17.9 Å². The van der Waals surface area contributed by atoms with Crippen molar-refractivity contribution < 1.29 is 4.74 Å². The largest absolute Gasteiger partial charge is 0.475 e. The molecular weight excluding hydrogens is 270 g/mol. The van der Waals surface area contributed by atoms with E-state index in [1.165, 1.54) is 10.8 Å². The highest BCUT2D eigenvalue weighted by molar-refractivity contribution is 6.07. The summed E-state index contributed by atoms with van der Waals surface area (Å²) in [6.07, 6.45) is 1.16. The van der Waals surface area contributed by atoms with E-state index in [-0.39, 0.29) is 11.5 Å². The number of fused-ring (bicyclic) bond motifs is 1. The Hall–Kier alpha value is -1.83. The Morgan fingerprint density at radius 3 is 2.64 bits per heavy atom. The normalized spacial score (nSPS) is 18.6. The summed E-state index contributed by atoms with van der Waals surface area (Å²) in [5.74, 6) is 1.48. The summed E-state index contributed by atoms with van der Waals surface area (Å²) in [6.45, 7) is 9.84. The van der Waals surface area contributed by atoms with Gasteiger partial charge in [-0.1, -0.05) is 64.1 Å². The molecule has 2 aromatic carbocycles. The molecule has 0 N–H and O–H groups in total. The molecule has 2 heteroatoms. The van der Waals surface area contributed by atoms with Gasteiger partial charge in [-0.05, 0) is 34.6 Å². The molecule has 3 rings (SSSR count). The van der Waals surface area contributed by atoms with Gasteiger partial charge in [0, 0.05) is 5.56 Å². The van der Waals surface area contributed by atoms with Crippen LogP contribution in [0.3, 0.4) is 0 Å². The summed E-state index contributed by atoms with van der Waals surface area (Å²) < 4.78 is 5.98. The average molecular weight is 295 g/mol. The molecule has 22 heavy (non-hydrogen) atoms. The molecule has 0 aromatic heterocycles. The zero-order chi connectivity index (χ0) is 15.7. The lowest BCUT2D eigenvalue weighted by Crippen LogP contribution is -2.30. The van der Waals surface area contributed by atoms with Gasteiger partial charge >= 0.3 is 0 Å². The molecule has 0 radical (unpaired) electrons. The van der Waals surface area contributed by atoms with Crippen molar-refractivity contribution in [1.82, 2.24) is 0 Å². The van der Waals surface area contributed by atoms with E-state index in [0.29, 0.717) is 12.5 Å². The Labute approximate surface area is 133 Å². The fourth-order valence-corrected chi connectivity index (χ4v) is 3.52. The van der Waals surface area contributed by atoms with E-state index < -0.39 is 0 Å². The number of rotatable bonds is 4. The maximum absolute atomic E-state index is 5.98. The van der Waals surface area contributed by atoms with Crippen LogP contribution in [0, 0.1) is 11.3 Å². The molecule has 1 heterocycles. The van der Waals surface area contributed by atoms with Crippen LogP contribution in [0.25, 0.3) is 10.8 Å². The quantitative estimate of drug-likeness (QED) is 0.772. The van der Waals surface area contributed by atoms with Crippen molar-refractivity contribution in [2.75, 3.05) is 6.61 Å². The molecule has 1 atom stereocenters. The van der Waals surface area contributed by atoms with Crippen molar-refractivity contribution in [1.29, 1.82) is 0 Å². The highest BCUT2D eigenvalue weighted by Crippen LogP contribution is 2.35. The van der Waals surface area contributed by atoms with Crippen molar-refractivity contribution in [3.8, 4) is 0 Å². The second-order valence-corrected chi connectivity index (χ2v) is 7.37. The minimum absolute atomic E-state index is 0.167. The Morgan fingerprint density at radius 1 is 1.14 bits per heavy atom. The van der Waals surface area contributed by atoms with Crippen LogP contribution in [0.2, 0.25) is 0 Å². The Balaban J connectivity index is 1.94. The van der Waals surface area contributed by atoms with Crippen molar-refractivity contribution in [3.63, 3.8) is 0 Å². The summed E-state index contributed by atoms with van der Waals surface area (Å²) in [5, 5.41) is 2.45. The molecule has 1 aliphatic heterocycles. The van der Waals surface area contributed by atoms with E-state index >= 15 is 0 Å². The third kappa shape index (κ3) is 2.87. The Bertz CT molecular complexity index is 694. The smallest absolute Gasteiger partial charge is 0.217 e. The molecule has 2 nitrogen and oxygen atoms in total. The lowest BCUT2D eigenvalue weighted by atomic mass is 9.78. The first-order valence-corrected chi connectivity index (χ1v) is 8.16.